The summed E-state index contributed by atoms with van der Waals surface area (Å²) in [7, 11) is 2.03. The highest BCUT2D eigenvalue weighted by Crippen LogP contribution is 2.44. The molecule has 1 unspecified atom stereocenters. The van der Waals surface area contributed by atoms with Crippen molar-refractivity contribution in [3.05, 3.63) is 83.8 Å². The number of carbonyl (C=O) groups excluding carboxylic acids is 2. The molecule has 0 saturated carbocycles. The van der Waals surface area contributed by atoms with E-state index in [2.05, 4.69) is 42.2 Å². The van der Waals surface area contributed by atoms with Gasteiger partial charge in [-0.3, -0.25) is 9.59 Å². The maximum absolute atomic E-state index is 13.4. The summed E-state index contributed by atoms with van der Waals surface area (Å²) in [5.74, 6) is 0.481. The third-order valence-corrected chi connectivity index (χ3v) is 7.00. The van der Waals surface area contributed by atoms with Crippen molar-refractivity contribution in [2.45, 2.75) is 19.1 Å². The van der Waals surface area contributed by atoms with Crippen molar-refractivity contribution < 1.29 is 9.59 Å². The van der Waals surface area contributed by atoms with Gasteiger partial charge >= 0.3 is 0 Å². The van der Waals surface area contributed by atoms with Gasteiger partial charge in [0, 0.05) is 50.0 Å². The number of hydrogen-bond acceptors (Lipinski definition) is 6. The number of aromatic nitrogens is 3. The number of nitrogens with zero attached hydrogens (tertiary/aromatic N) is 5. The van der Waals surface area contributed by atoms with Crippen LogP contribution >= 0.6 is 0 Å². The Hall–Kier alpha value is -4.40. The molecule has 1 atom stereocenters. The van der Waals surface area contributed by atoms with E-state index in [-0.39, 0.29) is 24.5 Å². The van der Waals surface area contributed by atoms with Crippen molar-refractivity contribution in [2.75, 3.05) is 36.9 Å². The minimum absolute atomic E-state index is 0.0369. The molecular weight excluding hydrogens is 454 g/mol. The number of amides is 2. The predicted octanol–water partition coefficient (Wildman–Crippen LogP) is 2.81. The second kappa shape index (κ2) is 8.99. The van der Waals surface area contributed by atoms with Gasteiger partial charge in [-0.05, 0) is 36.2 Å². The van der Waals surface area contributed by atoms with Gasteiger partial charge in [-0.1, -0.05) is 30.3 Å². The molecule has 2 amide bonds. The van der Waals surface area contributed by atoms with Gasteiger partial charge in [0.25, 0.3) is 5.91 Å². The zero-order chi connectivity index (χ0) is 24.6. The largest absolute Gasteiger partial charge is 0.353 e. The predicted molar refractivity (Wildman–Crippen MR) is 138 cm³/mol. The smallest absolute Gasteiger partial charge is 0.257 e. The van der Waals surface area contributed by atoms with E-state index in [1.54, 1.807) is 18.5 Å². The molecule has 0 bridgehead atoms. The number of rotatable bonds is 6. The van der Waals surface area contributed by atoms with Crippen LogP contribution < -0.4 is 15.5 Å². The fraction of sp³-hybridized carbons (Fsp3) is 0.259. The Balaban J connectivity index is 1.30. The molecule has 0 aliphatic carbocycles. The first-order valence-corrected chi connectivity index (χ1v) is 12.1. The van der Waals surface area contributed by atoms with Gasteiger partial charge in [0.2, 0.25) is 11.9 Å². The molecule has 2 aromatic heterocycles. The molecule has 2 aliphatic rings. The van der Waals surface area contributed by atoms with E-state index in [1.807, 2.05) is 48.3 Å². The maximum Gasteiger partial charge on any atom is 0.257 e. The van der Waals surface area contributed by atoms with Crippen molar-refractivity contribution in [3.8, 4) is 0 Å². The lowest BCUT2D eigenvalue weighted by molar-refractivity contribution is -0.121. The van der Waals surface area contributed by atoms with Crippen LogP contribution in [0.25, 0.3) is 10.9 Å². The Morgan fingerprint density at radius 3 is 2.67 bits per heavy atom. The van der Waals surface area contributed by atoms with Crippen LogP contribution in [0.5, 0.6) is 0 Å². The second-order valence-electron chi connectivity index (χ2n) is 9.07. The van der Waals surface area contributed by atoms with Crippen LogP contribution in [0.2, 0.25) is 0 Å². The SMILES string of the molecule is CN1c2ccccc2C(=O)N2CCc3c(n(CC(=O)NCCNc4ncccn4)c4ccccc34)C21. The standard InChI is InChI=1S/C27H27N7O2/c1-32-21-9-4-3-8-20(21)26(36)33-16-11-19-18-7-2-5-10-22(18)34(24(19)25(32)33)17-23(35)28-14-15-31-27-29-12-6-13-30-27/h2-10,12-13,25H,11,14-17H2,1H3,(H,28,35)(H,29,30,31). The Labute approximate surface area is 208 Å². The summed E-state index contributed by atoms with van der Waals surface area (Å²) >= 11 is 0. The van der Waals surface area contributed by atoms with Crippen molar-refractivity contribution in [1.82, 2.24) is 24.8 Å². The lowest BCUT2D eigenvalue weighted by Gasteiger charge is -2.46. The van der Waals surface area contributed by atoms with E-state index in [0.29, 0.717) is 25.6 Å². The fourth-order valence-corrected chi connectivity index (χ4v) is 5.45. The van der Waals surface area contributed by atoms with E-state index in [0.717, 1.165) is 34.3 Å². The van der Waals surface area contributed by atoms with Crippen LogP contribution in [0.4, 0.5) is 11.6 Å². The van der Waals surface area contributed by atoms with Gasteiger partial charge in [-0.25, -0.2) is 9.97 Å². The van der Waals surface area contributed by atoms with Gasteiger partial charge in [0.05, 0.1) is 16.9 Å². The first kappa shape index (κ1) is 22.1. The van der Waals surface area contributed by atoms with E-state index in [9.17, 15) is 9.59 Å². The molecule has 2 N–H and O–H groups in total. The number of para-hydroxylation sites is 2. The summed E-state index contributed by atoms with van der Waals surface area (Å²) in [5.41, 5.74) is 4.86. The van der Waals surface area contributed by atoms with Gasteiger partial charge in [0.1, 0.15) is 12.7 Å². The van der Waals surface area contributed by atoms with E-state index in [1.165, 1.54) is 5.56 Å². The number of fused-ring (bicyclic) bond motifs is 6. The lowest BCUT2D eigenvalue weighted by atomic mass is 9.96. The van der Waals surface area contributed by atoms with Gasteiger partial charge in [-0.15, -0.1) is 0 Å². The molecule has 0 radical (unpaired) electrons. The van der Waals surface area contributed by atoms with Crippen molar-refractivity contribution >= 4 is 34.4 Å². The molecule has 2 aromatic carbocycles. The molecule has 9 nitrogen and oxygen atoms in total. The number of carbonyl (C=O) groups is 2. The topological polar surface area (TPSA) is 95.4 Å². The lowest BCUT2D eigenvalue weighted by Crippen LogP contribution is -2.51. The number of anilines is 2. The van der Waals surface area contributed by atoms with Crippen LogP contribution in [-0.4, -0.2) is 57.9 Å². The third kappa shape index (κ3) is 3.64. The Morgan fingerprint density at radius 2 is 1.81 bits per heavy atom. The average Bonchev–Trinajstić information content (AvgIpc) is 3.23. The second-order valence-corrected chi connectivity index (χ2v) is 9.07. The van der Waals surface area contributed by atoms with Gasteiger partial charge < -0.3 is 25.0 Å². The molecule has 0 fully saturated rings. The van der Waals surface area contributed by atoms with Gasteiger partial charge in [0.15, 0.2) is 0 Å². The summed E-state index contributed by atoms with van der Waals surface area (Å²) in [6.45, 7) is 1.78. The molecule has 0 saturated heterocycles. The molecule has 36 heavy (non-hydrogen) atoms. The molecule has 6 rings (SSSR count). The zero-order valence-electron chi connectivity index (χ0n) is 20.0. The Kier molecular flexibility index (Phi) is 5.52. The van der Waals surface area contributed by atoms with E-state index in [4.69, 9.17) is 0 Å². The third-order valence-electron chi connectivity index (χ3n) is 7.00. The summed E-state index contributed by atoms with van der Waals surface area (Å²) in [6.07, 6.45) is 3.82. The number of hydrogen-bond donors (Lipinski definition) is 2. The quantitative estimate of drug-likeness (QED) is 0.411. The summed E-state index contributed by atoms with van der Waals surface area (Å²) in [5, 5.41) is 7.24. The zero-order valence-corrected chi connectivity index (χ0v) is 20.0. The average molecular weight is 482 g/mol. The monoisotopic (exact) mass is 481 g/mol. The van der Waals surface area contributed by atoms with Gasteiger partial charge in [-0.2, -0.15) is 0 Å². The maximum atomic E-state index is 13.4. The van der Waals surface area contributed by atoms with Crippen molar-refractivity contribution in [2.24, 2.45) is 0 Å². The molecule has 9 heteroatoms. The number of benzene rings is 2. The minimum Gasteiger partial charge on any atom is -0.353 e. The molecule has 0 spiro atoms. The minimum atomic E-state index is -0.270. The molecule has 2 aliphatic heterocycles. The molecule has 4 heterocycles. The molecule has 4 aromatic rings. The van der Waals surface area contributed by atoms with Crippen LogP contribution in [0.1, 0.15) is 27.8 Å². The highest BCUT2D eigenvalue weighted by atomic mass is 16.2. The highest BCUT2D eigenvalue weighted by molar-refractivity contribution is 6.02. The Morgan fingerprint density at radius 1 is 1.03 bits per heavy atom. The van der Waals surface area contributed by atoms with Crippen LogP contribution in [-0.2, 0) is 17.8 Å². The normalized spacial score (nSPS) is 16.4. The summed E-state index contributed by atoms with van der Waals surface area (Å²) in [6, 6.07) is 17.7. The van der Waals surface area contributed by atoms with Crippen LogP contribution in [0.3, 0.4) is 0 Å². The first-order chi connectivity index (χ1) is 17.6. The first-order valence-electron chi connectivity index (χ1n) is 12.1. The summed E-state index contributed by atoms with van der Waals surface area (Å²) in [4.78, 5) is 38.9. The Bertz CT molecular complexity index is 1450. The van der Waals surface area contributed by atoms with Crippen molar-refractivity contribution in [1.29, 1.82) is 0 Å². The van der Waals surface area contributed by atoms with Crippen molar-refractivity contribution in [3.63, 3.8) is 0 Å². The number of nitrogens with one attached hydrogen (secondary N) is 2. The summed E-state index contributed by atoms with van der Waals surface area (Å²) < 4.78 is 2.09. The van der Waals surface area contributed by atoms with Crippen LogP contribution in [0.15, 0.2) is 67.0 Å². The van der Waals surface area contributed by atoms with E-state index < -0.39 is 0 Å². The molecule has 182 valence electrons. The fourth-order valence-electron chi connectivity index (χ4n) is 5.45. The highest BCUT2D eigenvalue weighted by Gasteiger charge is 2.42. The van der Waals surface area contributed by atoms with E-state index >= 15 is 0 Å². The molecular formula is C27H27N7O2. The van der Waals surface area contributed by atoms with Crippen LogP contribution in [0, 0.1) is 0 Å².